The van der Waals surface area contributed by atoms with Crippen molar-refractivity contribution in [3.8, 4) is 17.2 Å². The van der Waals surface area contributed by atoms with Crippen LogP contribution in [0.1, 0.15) is 30.7 Å². The van der Waals surface area contributed by atoms with E-state index in [0.29, 0.717) is 6.61 Å². The molecule has 2 aromatic carbocycles. The van der Waals surface area contributed by atoms with Crippen molar-refractivity contribution in [3.05, 3.63) is 59.9 Å². The molecule has 0 atom stereocenters. The Morgan fingerprint density at radius 1 is 0.968 bits per heavy atom. The van der Waals surface area contributed by atoms with Gasteiger partial charge in [0.25, 0.3) is 0 Å². The highest BCUT2D eigenvalue weighted by Crippen LogP contribution is 2.25. The highest BCUT2D eigenvalue weighted by atomic mass is 32.2. The zero-order chi connectivity index (χ0) is 21.5. The second kappa shape index (κ2) is 10.7. The maximum absolute atomic E-state index is 6.03. The number of piperidine rings is 1. The number of hydrogen-bond acceptors (Lipinski definition) is 6. The van der Waals surface area contributed by atoms with Gasteiger partial charge in [-0.1, -0.05) is 30.3 Å². The lowest BCUT2D eigenvalue weighted by atomic mass is 10.1. The minimum absolute atomic E-state index is 0.356. The Labute approximate surface area is 188 Å². The molecule has 2 heterocycles. The van der Waals surface area contributed by atoms with Crippen LogP contribution in [0.5, 0.6) is 11.5 Å². The van der Waals surface area contributed by atoms with E-state index >= 15 is 0 Å². The fourth-order valence-electron chi connectivity index (χ4n) is 3.78. The maximum Gasteiger partial charge on any atom is 0.195 e. The molecule has 3 aromatic rings. The van der Waals surface area contributed by atoms with Gasteiger partial charge >= 0.3 is 0 Å². The summed E-state index contributed by atoms with van der Waals surface area (Å²) in [6.07, 6.45) is 3.99. The topological polar surface area (TPSA) is 52.4 Å². The molecule has 1 saturated heterocycles. The second-order valence-corrected chi connectivity index (χ2v) is 8.85. The minimum Gasteiger partial charge on any atom is -0.497 e. The molecule has 0 aliphatic carbocycles. The number of benzene rings is 2. The predicted octanol–water partition coefficient (Wildman–Crippen LogP) is 4.74. The molecule has 4 rings (SSSR count). The van der Waals surface area contributed by atoms with Crippen LogP contribution in [-0.2, 0) is 6.61 Å². The van der Waals surface area contributed by atoms with Crippen LogP contribution in [-0.4, -0.2) is 52.2 Å². The van der Waals surface area contributed by atoms with E-state index in [2.05, 4.69) is 32.7 Å². The minimum atomic E-state index is 0.356. The SMILES string of the molecule is COc1ccc(-n2c(COc3cccc(C)c3)nnc2SCCN2CCCCC2)cc1. The van der Waals surface area contributed by atoms with Gasteiger partial charge in [-0.05, 0) is 74.8 Å². The number of likely N-dealkylation sites (tertiary alicyclic amines) is 1. The largest absolute Gasteiger partial charge is 0.497 e. The van der Waals surface area contributed by atoms with Crippen molar-refractivity contribution < 1.29 is 9.47 Å². The van der Waals surface area contributed by atoms with Gasteiger partial charge in [-0.15, -0.1) is 10.2 Å². The first-order valence-electron chi connectivity index (χ1n) is 10.9. The molecular weight excluding hydrogens is 408 g/mol. The van der Waals surface area contributed by atoms with Crippen molar-refractivity contribution in [2.45, 2.75) is 37.9 Å². The van der Waals surface area contributed by atoms with Gasteiger partial charge in [-0.3, -0.25) is 4.57 Å². The summed E-state index contributed by atoms with van der Waals surface area (Å²) < 4.78 is 13.4. The average Bonchev–Trinajstić information content (AvgIpc) is 3.21. The molecule has 31 heavy (non-hydrogen) atoms. The molecule has 0 spiro atoms. The van der Waals surface area contributed by atoms with Crippen molar-refractivity contribution in [2.75, 3.05) is 32.5 Å². The van der Waals surface area contributed by atoms with Crippen LogP contribution in [0, 0.1) is 6.92 Å². The lowest BCUT2D eigenvalue weighted by Crippen LogP contribution is -2.31. The number of ether oxygens (including phenoxy) is 2. The third kappa shape index (κ3) is 5.80. The van der Waals surface area contributed by atoms with Crippen LogP contribution in [0.25, 0.3) is 5.69 Å². The summed E-state index contributed by atoms with van der Waals surface area (Å²) in [5, 5.41) is 9.85. The lowest BCUT2D eigenvalue weighted by molar-refractivity contribution is 0.242. The number of methoxy groups -OCH3 is 1. The van der Waals surface area contributed by atoms with Crippen molar-refractivity contribution >= 4 is 11.8 Å². The van der Waals surface area contributed by atoms with Gasteiger partial charge in [-0.2, -0.15) is 0 Å². The highest BCUT2D eigenvalue weighted by molar-refractivity contribution is 7.99. The third-order valence-electron chi connectivity index (χ3n) is 5.48. The standard InChI is InChI=1S/C24H30N4O2S/c1-19-7-6-8-22(17-19)30-18-23-25-26-24(31-16-15-27-13-4-3-5-14-27)28(23)20-9-11-21(29-2)12-10-20/h6-12,17H,3-5,13-16,18H2,1-2H3. The lowest BCUT2D eigenvalue weighted by Gasteiger charge is -2.25. The summed E-state index contributed by atoms with van der Waals surface area (Å²) >= 11 is 1.75. The molecule has 1 fully saturated rings. The summed E-state index contributed by atoms with van der Waals surface area (Å²) in [6, 6.07) is 16.0. The Morgan fingerprint density at radius 3 is 2.52 bits per heavy atom. The Bertz CT molecular complexity index is 968. The van der Waals surface area contributed by atoms with Crippen molar-refractivity contribution in [1.82, 2.24) is 19.7 Å². The summed E-state index contributed by atoms with van der Waals surface area (Å²) in [4.78, 5) is 2.55. The molecule has 0 saturated carbocycles. The van der Waals surface area contributed by atoms with Crippen LogP contribution < -0.4 is 9.47 Å². The monoisotopic (exact) mass is 438 g/mol. The van der Waals surface area contributed by atoms with Gasteiger partial charge < -0.3 is 14.4 Å². The van der Waals surface area contributed by atoms with Gasteiger partial charge in [0.2, 0.25) is 0 Å². The first-order valence-corrected chi connectivity index (χ1v) is 11.8. The molecule has 1 aliphatic heterocycles. The molecule has 0 unspecified atom stereocenters. The number of rotatable bonds is 9. The highest BCUT2D eigenvalue weighted by Gasteiger charge is 2.17. The average molecular weight is 439 g/mol. The van der Waals surface area contributed by atoms with Crippen LogP contribution in [0.4, 0.5) is 0 Å². The third-order valence-corrected chi connectivity index (χ3v) is 6.38. The molecule has 0 radical (unpaired) electrons. The molecule has 7 heteroatoms. The van der Waals surface area contributed by atoms with E-state index in [4.69, 9.17) is 9.47 Å². The van der Waals surface area contributed by atoms with Gasteiger partial charge in [-0.25, -0.2) is 0 Å². The molecule has 0 N–H and O–H groups in total. The van der Waals surface area contributed by atoms with E-state index in [1.165, 1.54) is 37.9 Å². The van der Waals surface area contributed by atoms with E-state index in [0.717, 1.165) is 40.5 Å². The maximum atomic E-state index is 6.03. The Morgan fingerprint density at radius 2 is 1.77 bits per heavy atom. The first kappa shape index (κ1) is 21.7. The van der Waals surface area contributed by atoms with Crippen LogP contribution in [0.15, 0.2) is 53.7 Å². The Balaban J connectivity index is 1.50. The van der Waals surface area contributed by atoms with Crippen LogP contribution >= 0.6 is 11.8 Å². The first-order chi connectivity index (χ1) is 15.2. The van der Waals surface area contributed by atoms with Gasteiger partial charge in [0.05, 0.1) is 7.11 Å². The van der Waals surface area contributed by atoms with Gasteiger partial charge in [0.1, 0.15) is 18.1 Å². The Kier molecular flexibility index (Phi) is 7.48. The molecular formula is C24H30N4O2S. The van der Waals surface area contributed by atoms with Crippen molar-refractivity contribution in [1.29, 1.82) is 0 Å². The van der Waals surface area contributed by atoms with E-state index in [1.807, 2.05) is 42.5 Å². The van der Waals surface area contributed by atoms with Crippen molar-refractivity contribution in [2.24, 2.45) is 0 Å². The zero-order valence-corrected chi connectivity index (χ0v) is 19.1. The van der Waals surface area contributed by atoms with Crippen LogP contribution in [0.3, 0.4) is 0 Å². The van der Waals surface area contributed by atoms with E-state index in [1.54, 1.807) is 18.9 Å². The summed E-state index contributed by atoms with van der Waals surface area (Å²) in [5.41, 5.74) is 2.18. The van der Waals surface area contributed by atoms with E-state index in [-0.39, 0.29) is 0 Å². The molecule has 0 bridgehead atoms. The summed E-state index contributed by atoms with van der Waals surface area (Å²) in [7, 11) is 1.68. The van der Waals surface area contributed by atoms with Gasteiger partial charge in [0, 0.05) is 18.0 Å². The molecule has 1 aliphatic rings. The van der Waals surface area contributed by atoms with E-state index < -0.39 is 0 Å². The number of aromatic nitrogens is 3. The number of hydrogen-bond donors (Lipinski definition) is 0. The molecule has 164 valence electrons. The molecule has 6 nitrogen and oxygen atoms in total. The van der Waals surface area contributed by atoms with Crippen molar-refractivity contribution in [3.63, 3.8) is 0 Å². The fourth-order valence-corrected chi connectivity index (χ4v) is 4.75. The number of thioether (sulfide) groups is 1. The fraction of sp³-hybridized carbons (Fsp3) is 0.417. The summed E-state index contributed by atoms with van der Waals surface area (Å²) in [6.45, 7) is 5.91. The zero-order valence-electron chi connectivity index (χ0n) is 18.3. The number of aryl methyl sites for hydroxylation is 1. The quantitative estimate of drug-likeness (QED) is 0.450. The molecule has 0 amide bonds. The van der Waals surface area contributed by atoms with Crippen LogP contribution in [0.2, 0.25) is 0 Å². The smallest absolute Gasteiger partial charge is 0.195 e. The summed E-state index contributed by atoms with van der Waals surface area (Å²) in [5.74, 6) is 3.44. The number of nitrogens with zero attached hydrogens (tertiary/aromatic N) is 4. The predicted molar refractivity (Wildman–Crippen MR) is 124 cm³/mol. The Hall–Kier alpha value is -2.51. The van der Waals surface area contributed by atoms with Gasteiger partial charge in [0.15, 0.2) is 11.0 Å². The second-order valence-electron chi connectivity index (χ2n) is 7.79. The van der Waals surface area contributed by atoms with E-state index in [9.17, 15) is 0 Å². The normalized spacial score (nSPS) is 14.5. The molecule has 1 aromatic heterocycles.